The van der Waals surface area contributed by atoms with Gasteiger partial charge in [0.1, 0.15) is 6.61 Å². The second kappa shape index (κ2) is 13.5. The predicted octanol–water partition coefficient (Wildman–Crippen LogP) is 4.58. The molecule has 0 heterocycles. The van der Waals surface area contributed by atoms with Crippen molar-refractivity contribution in [1.29, 1.82) is 5.26 Å². The zero-order valence-corrected chi connectivity index (χ0v) is 22.0. The third-order valence-corrected chi connectivity index (χ3v) is 6.25. The van der Waals surface area contributed by atoms with E-state index in [1.165, 1.54) is 6.07 Å². The van der Waals surface area contributed by atoms with Gasteiger partial charge in [-0.1, -0.05) is 62.4 Å². The molecule has 198 valence electrons. The summed E-state index contributed by atoms with van der Waals surface area (Å²) in [4.78, 5) is 28.5. The van der Waals surface area contributed by atoms with Crippen LogP contribution in [0.4, 0.5) is 0 Å². The Morgan fingerprint density at radius 3 is 2.24 bits per heavy atom. The maximum absolute atomic E-state index is 13.5. The molecule has 1 unspecified atom stereocenters. The quantitative estimate of drug-likeness (QED) is 0.343. The fourth-order valence-corrected chi connectivity index (χ4v) is 4.34. The minimum atomic E-state index is -1.17. The van der Waals surface area contributed by atoms with Crippen LogP contribution in [-0.4, -0.2) is 53.7 Å². The number of aliphatic hydroxyl groups excluding tert-OH is 1. The van der Waals surface area contributed by atoms with Crippen molar-refractivity contribution in [1.82, 2.24) is 4.90 Å². The van der Waals surface area contributed by atoms with Gasteiger partial charge in [-0.3, -0.25) is 4.79 Å². The number of benzene rings is 3. The number of amides is 1. The second-order valence-electron chi connectivity index (χ2n) is 9.51. The lowest BCUT2D eigenvalue weighted by molar-refractivity contribution is 0.0331. The molecule has 0 saturated carbocycles. The van der Waals surface area contributed by atoms with Crippen molar-refractivity contribution >= 4 is 11.9 Å². The van der Waals surface area contributed by atoms with Crippen molar-refractivity contribution in [3.8, 4) is 17.2 Å². The van der Waals surface area contributed by atoms with E-state index in [2.05, 4.69) is 6.07 Å². The Labute approximate surface area is 224 Å². The molecule has 0 radical (unpaired) electrons. The third-order valence-electron chi connectivity index (χ3n) is 6.25. The molecule has 0 bridgehead atoms. The molecule has 3 N–H and O–H groups in total. The summed E-state index contributed by atoms with van der Waals surface area (Å²) in [7, 11) is 0. The van der Waals surface area contributed by atoms with Crippen LogP contribution in [0.1, 0.15) is 58.5 Å². The molecule has 3 aromatic rings. The van der Waals surface area contributed by atoms with Crippen LogP contribution in [0, 0.1) is 11.3 Å². The van der Waals surface area contributed by atoms with E-state index in [1.807, 2.05) is 44.2 Å². The fourth-order valence-electron chi connectivity index (χ4n) is 4.34. The third kappa shape index (κ3) is 7.28. The summed E-state index contributed by atoms with van der Waals surface area (Å²) >= 11 is 0. The van der Waals surface area contributed by atoms with Crippen LogP contribution in [-0.2, 0) is 11.2 Å². The second-order valence-corrected chi connectivity index (χ2v) is 9.51. The molecule has 38 heavy (non-hydrogen) atoms. The molecule has 7 heteroatoms. The molecular formula is C31H35N3O4. The highest BCUT2D eigenvalue weighted by molar-refractivity contribution is 6.00. The van der Waals surface area contributed by atoms with E-state index in [0.717, 1.165) is 18.4 Å². The first kappa shape index (κ1) is 28.6. The normalized spacial score (nSPS) is 12.3. The fraction of sp³-hybridized carbons (Fsp3) is 0.323. The van der Waals surface area contributed by atoms with E-state index in [-0.39, 0.29) is 24.7 Å². The van der Waals surface area contributed by atoms with Crippen LogP contribution in [0.15, 0.2) is 72.8 Å². The molecule has 0 fully saturated rings. The molecule has 7 nitrogen and oxygen atoms in total. The minimum absolute atomic E-state index is 0.173. The number of nitrogens with two attached hydrogens (primary N) is 1. The van der Waals surface area contributed by atoms with Crippen LogP contribution in [0.2, 0.25) is 0 Å². The van der Waals surface area contributed by atoms with E-state index in [9.17, 15) is 20.0 Å². The van der Waals surface area contributed by atoms with Gasteiger partial charge in [0.15, 0.2) is 0 Å². The van der Waals surface area contributed by atoms with Gasteiger partial charge in [-0.05, 0) is 60.2 Å². The van der Waals surface area contributed by atoms with Gasteiger partial charge in [0.25, 0.3) is 5.91 Å². The van der Waals surface area contributed by atoms with E-state index in [0.29, 0.717) is 41.8 Å². The largest absolute Gasteiger partial charge is 0.460 e. The molecule has 0 saturated heterocycles. The molecule has 1 atom stereocenters. The first-order valence-electron chi connectivity index (χ1n) is 12.9. The summed E-state index contributed by atoms with van der Waals surface area (Å²) in [5, 5.41) is 19.6. The van der Waals surface area contributed by atoms with Gasteiger partial charge in [0, 0.05) is 18.7 Å². The number of carbonyl (C=O) groups is 2. The Balaban J connectivity index is 1.95. The van der Waals surface area contributed by atoms with E-state index >= 15 is 0 Å². The van der Waals surface area contributed by atoms with Crippen molar-refractivity contribution in [2.75, 3.05) is 26.3 Å². The highest BCUT2D eigenvalue weighted by Gasteiger charge is 2.28. The number of nitriles is 1. The number of carbonyl (C=O) groups excluding carboxylic acids is 2. The van der Waals surface area contributed by atoms with Gasteiger partial charge in [-0.15, -0.1) is 0 Å². The lowest BCUT2D eigenvalue weighted by Crippen LogP contribution is -2.50. The predicted molar refractivity (Wildman–Crippen MR) is 148 cm³/mol. The molecule has 3 rings (SSSR count). The summed E-state index contributed by atoms with van der Waals surface area (Å²) in [6.07, 6.45) is 1.93. The minimum Gasteiger partial charge on any atom is -0.460 e. The van der Waals surface area contributed by atoms with Gasteiger partial charge in [0.2, 0.25) is 0 Å². The number of aliphatic hydroxyl groups is 1. The van der Waals surface area contributed by atoms with Gasteiger partial charge in [-0.2, -0.15) is 5.26 Å². The van der Waals surface area contributed by atoms with Gasteiger partial charge < -0.3 is 20.5 Å². The highest BCUT2D eigenvalue weighted by atomic mass is 16.5. The Bertz CT molecular complexity index is 1280. The Kier molecular flexibility index (Phi) is 10.2. The molecule has 3 aromatic carbocycles. The molecule has 1 amide bonds. The van der Waals surface area contributed by atoms with Crippen molar-refractivity contribution in [2.45, 2.75) is 38.6 Å². The zero-order valence-electron chi connectivity index (χ0n) is 22.0. The van der Waals surface area contributed by atoms with Crippen molar-refractivity contribution in [3.63, 3.8) is 0 Å². The first-order valence-corrected chi connectivity index (χ1v) is 12.9. The van der Waals surface area contributed by atoms with E-state index in [1.54, 1.807) is 41.3 Å². The van der Waals surface area contributed by atoms with Crippen LogP contribution < -0.4 is 5.73 Å². The monoisotopic (exact) mass is 513 g/mol. The maximum atomic E-state index is 13.5. The molecule has 0 aliphatic rings. The van der Waals surface area contributed by atoms with E-state index < -0.39 is 11.5 Å². The molecule has 0 aliphatic heterocycles. The molecule has 0 spiro atoms. The van der Waals surface area contributed by atoms with Gasteiger partial charge in [0.05, 0.1) is 29.3 Å². The van der Waals surface area contributed by atoms with Crippen LogP contribution >= 0.6 is 0 Å². The number of hydrogen-bond acceptors (Lipinski definition) is 6. The summed E-state index contributed by atoms with van der Waals surface area (Å²) in [5.41, 5.74) is 8.25. The average Bonchev–Trinajstić information content (AvgIpc) is 2.95. The SMILES string of the molecule is CCCN(CCC)C(=O)c1cc(C(=O)OCC(N)(CO)Cc2ccccc2)cc(-c2ccccc2C#N)c1. The number of hydrogen-bond donors (Lipinski definition) is 2. The van der Waals surface area contributed by atoms with Crippen LogP contribution in [0.5, 0.6) is 0 Å². The van der Waals surface area contributed by atoms with E-state index in [4.69, 9.17) is 10.5 Å². The summed E-state index contributed by atoms with van der Waals surface area (Å²) in [6, 6.07) is 23.5. The average molecular weight is 514 g/mol. The van der Waals surface area contributed by atoms with Crippen molar-refractivity contribution in [2.24, 2.45) is 5.73 Å². The lowest BCUT2D eigenvalue weighted by Gasteiger charge is -2.27. The Morgan fingerprint density at radius 2 is 1.61 bits per heavy atom. The molecule has 0 aliphatic carbocycles. The summed E-state index contributed by atoms with van der Waals surface area (Å²) in [6.45, 7) is 4.62. The topological polar surface area (TPSA) is 117 Å². The van der Waals surface area contributed by atoms with Crippen molar-refractivity contribution in [3.05, 3.63) is 95.1 Å². The number of nitrogens with zero attached hydrogens (tertiary/aromatic N) is 2. The standard InChI is InChI=1S/C31H35N3O4/c1-3-14-34(15-4-2)29(36)26-16-25(28-13-9-8-12-24(28)20-32)17-27(18-26)30(37)38-22-31(33,21-35)19-23-10-6-5-7-11-23/h5-13,16-18,35H,3-4,14-15,19,21-22,33H2,1-2H3. The molecular weight excluding hydrogens is 478 g/mol. The Hall–Kier alpha value is -3.99. The number of esters is 1. The van der Waals surface area contributed by atoms with Gasteiger partial charge in [-0.25, -0.2) is 4.79 Å². The summed E-state index contributed by atoms with van der Waals surface area (Å²) in [5.74, 6) is -0.851. The summed E-state index contributed by atoms with van der Waals surface area (Å²) < 4.78 is 5.58. The molecule has 0 aromatic heterocycles. The highest BCUT2D eigenvalue weighted by Crippen LogP contribution is 2.27. The maximum Gasteiger partial charge on any atom is 0.338 e. The lowest BCUT2D eigenvalue weighted by atomic mass is 9.93. The van der Waals surface area contributed by atoms with Crippen molar-refractivity contribution < 1.29 is 19.4 Å². The zero-order chi connectivity index (χ0) is 27.5. The Morgan fingerprint density at radius 1 is 0.974 bits per heavy atom. The smallest absolute Gasteiger partial charge is 0.338 e. The van der Waals surface area contributed by atoms with Crippen LogP contribution in [0.3, 0.4) is 0 Å². The van der Waals surface area contributed by atoms with Gasteiger partial charge >= 0.3 is 5.97 Å². The van der Waals surface area contributed by atoms with Crippen LogP contribution in [0.25, 0.3) is 11.1 Å². The number of ether oxygens (including phenoxy) is 1. The first-order chi connectivity index (χ1) is 18.3. The number of rotatable bonds is 12.